The van der Waals surface area contributed by atoms with Gasteiger partial charge in [0.2, 0.25) is 0 Å². The molecular formula is C17H34N2O. The Hall–Kier alpha value is -0.120. The fraction of sp³-hybridized carbons (Fsp3) is 1.00. The second kappa shape index (κ2) is 6.76. The number of nitrogens with zero attached hydrogens (tertiary/aromatic N) is 1. The molecular weight excluding hydrogens is 248 g/mol. The van der Waals surface area contributed by atoms with E-state index in [0.717, 1.165) is 19.1 Å². The van der Waals surface area contributed by atoms with E-state index in [2.05, 4.69) is 32.7 Å². The van der Waals surface area contributed by atoms with Crippen molar-refractivity contribution in [1.82, 2.24) is 4.90 Å². The molecule has 118 valence electrons. The number of ether oxygens (including phenoxy) is 1. The minimum atomic E-state index is 0.353. The Morgan fingerprint density at radius 3 is 2.40 bits per heavy atom. The monoisotopic (exact) mass is 282 g/mol. The summed E-state index contributed by atoms with van der Waals surface area (Å²) in [4.78, 5) is 2.59. The van der Waals surface area contributed by atoms with E-state index in [1.807, 2.05) is 0 Å². The van der Waals surface area contributed by atoms with Gasteiger partial charge in [-0.2, -0.15) is 0 Å². The largest absolute Gasteiger partial charge is 0.381 e. The van der Waals surface area contributed by atoms with Crippen molar-refractivity contribution < 1.29 is 4.74 Å². The van der Waals surface area contributed by atoms with Crippen molar-refractivity contribution in [2.24, 2.45) is 17.1 Å². The molecule has 3 unspecified atom stereocenters. The minimum Gasteiger partial charge on any atom is -0.381 e. The third-order valence-corrected chi connectivity index (χ3v) is 6.18. The van der Waals surface area contributed by atoms with E-state index in [1.54, 1.807) is 0 Å². The van der Waals surface area contributed by atoms with Crippen LogP contribution in [0.3, 0.4) is 0 Å². The second-order valence-electron chi connectivity index (χ2n) is 7.59. The van der Waals surface area contributed by atoms with Crippen molar-refractivity contribution in [3.63, 3.8) is 0 Å². The molecule has 0 aromatic heterocycles. The Kier molecular flexibility index (Phi) is 5.49. The maximum atomic E-state index is 6.46. The zero-order chi connectivity index (χ0) is 14.8. The summed E-state index contributed by atoms with van der Waals surface area (Å²) >= 11 is 0. The Morgan fingerprint density at radius 1 is 1.15 bits per heavy atom. The predicted molar refractivity (Wildman–Crippen MR) is 84.8 cm³/mol. The van der Waals surface area contributed by atoms with E-state index >= 15 is 0 Å². The van der Waals surface area contributed by atoms with Gasteiger partial charge in [-0.3, -0.25) is 4.90 Å². The molecule has 2 fully saturated rings. The molecule has 1 heterocycles. The van der Waals surface area contributed by atoms with Crippen molar-refractivity contribution in [3.8, 4) is 0 Å². The molecule has 0 radical (unpaired) electrons. The highest BCUT2D eigenvalue weighted by Gasteiger charge is 2.39. The quantitative estimate of drug-likeness (QED) is 0.861. The summed E-state index contributed by atoms with van der Waals surface area (Å²) in [6.45, 7) is 9.02. The first-order chi connectivity index (χ1) is 9.45. The van der Waals surface area contributed by atoms with Crippen molar-refractivity contribution in [2.75, 3.05) is 20.3 Å². The van der Waals surface area contributed by atoms with E-state index in [0.29, 0.717) is 23.5 Å². The molecule has 1 saturated carbocycles. The molecule has 20 heavy (non-hydrogen) atoms. The van der Waals surface area contributed by atoms with Crippen LogP contribution in [-0.4, -0.2) is 43.3 Å². The topological polar surface area (TPSA) is 38.5 Å². The zero-order valence-corrected chi connectivity index (χ0v) is 13.9. The first-order valence-electron chi connectivity index (χ1n) is 8.51. The standard InChI is InChI=1S/C17H34N2O/c1-5-17(2,3)13-6-7-15(18)16(12-13)19(4)14-8-10-20-11-9-14/h13-16H,5-12,18H2,1-4H3. The molecule has 0 aromatic rings. The summed E-state index contributed by atoms with van der Waals surface area (Å²) in [5.41, 5.74) is 6.91. The summed E-state index contributed by atoms with van der Waals surface area (Å²) in [7, 11) is 2.29. The average Bonchev–Trinajstić information content (AvgIpc) is 2.47. The molecule has 3 nitrogen and oxygen atoms in total. The lowest BCUT2D eigenvalue weighted by molar-refractivity contribution is 0.000815. The normalized spacial score (nSPS) is 33.6. The predicted octanol–water partition coefficient (Wildman–Crippen LogP) is 3.03. The van der Waals surface area contributed by atoms with Crippen LogP contribution in [0.5, 0.6) is 0 Å². The first kappa shape index (κ1) is 16.3. The van der Waals surface area contributed by atoms with Gasteiger partial charge in [-0.25, -0.2) is 0 Å². The summed E-state index contributed by atoms with van der Waals surface area (Å²) in [6.07, 6.45) is 7.37. The van der Waals surface area contributed by atoms with Crippen molar-refractivity contribution in [1.29, 1.82) is 0 Å². The number of nitrogens with two attached hydrogens (primary N) is 1. The lowest BCUT2D eigenvalue weighted by Crippen LogP contribution is -2.55. The van der Waals surface area contributed by atoms with Crippen molar-refractivity contribution in [2.45, 2.75) is 77.4 Å². The third-order valence-electron chi connectivity index (χ3n) is 6.18. The maximum absolute atomic E-state index is 6.46. The van der Waals surface area contributed by atoms with Gasteiger partial charge in [0, 0.05) is 31.3 Å². The van der Waals surface area contributed by atoms with E-state index in [1.165, 1.54) is 38.5 Å². The highest BCUT2D eigenvalue weighted by molar-refractivity contribution is 4.94. The Morgan fingerprint density at radius 2 is 1.80 bits per heavy atom. The van der Waals surface area contributed by atoms with Crippen molar-refractivity contribution >= 4 is 0 Å². The van der Waals surface area contributed by atoms with Gasteiger partial charge in [0.15, 0.2) is 0 Å². The highest BCUT2D eigenvalue weighted by Crippen LogP contribution is 2.41. The third kappa shape index (κ3) is 3.55. The van der Waals surface area contributed by atoms with Gasteiger partial charge >= 0.3 is 0 Å². The van der Waals surface area contributed by atoms with Crippen LogP contribution in [0, 0.1) is 11.3 Å². The average molecular weight is 282 g/mol. The molecule has 2 rings (SSSR count). The molecule has 0 aromatic carbocycles. The summed E-state index contributed by atoms with van der Waals surface area (Å²) in [5, 5.41) is 0. The van der Waals surface area contributed by atoms with E-state index in [9.17, 15) is 0 Å². The van der Waals surface area contributed by atoms with Gasteiger partial charge in [-0.1, -0.05) is 27.2 Å². The molecule has 1 saturated heterocycles. The van der Waals surface area contributed by atoms with Gasteiger partial charge in [0.1, 0.15) is 0 Å². The van der Waals surface area contributed by atoms with E-state index in [4.69, 9.17) is 10.5 Å². The van der Waals surface area contributed by atoms with Gasteiger partial charge in [-0.05, 0) is 50.5 Å². The van der Waals surface area contributed by atoms with Gasteiger partial charge in [-0.15, -0.1) is 0 Å². The molecule has 0 amide bonds. The molecule has 2 N–H and O–H groups in total. The second-order valence-corrected chi connectivity index (χ2v) is 7.59. The van der Waals surface area contributed by atoms with Crippen LogP contribution in [0.4, 0.5) is 0 Å². The molecule has 3 heteroatoms. The van der Waals surface area contributed by atoms with Crippen LogP contribution < -0.4 is 5.73 Å². The lowest BCUT2D eigenvalue weighted by atomic mass is 9.67. The van der Waals surface area contributed by atoms with Crippen LogP contribution in [0.1, 0.15) is 59.3 Å². The van der Waals surface area contributed by atoms with Crippen molar-refractivity contribution in [3.05, 3.63) is 0 Å². The Labute approximate surface area is 125 Å². The molecule has 2 aliphatic rings. The Bertz CT molecular complexity index is 299. The Balaban J connectivity index is 2.00. The van der Waals surface area contributed by atoms with E-state index in [-0.39, 0.29) is 0 Å². The van der Waals surface area contributed by atoms with Gasteiger partial charge in [0.05, 0.1) is 0 Å². The summed E-state index contributed by atoms with van der Waals surface area (Å²) in [6, 6.07) is 1.58. The number of likely N-dealkylation sites (N-methyl/N-ethyl adjacent to an activating group) is 1. The van der Waals surface area contributed by atoms with Gasteiger partial charge < -0.3 is 10.5 Å². The SMILES string of the molecule is CCC(C)(C)C1CCC(N)C(N(C)C2CCOCC2)C1. The van der Waals surface area contributed by atoms with Crippen LogP contribution >= 0.6 is 0 Å². The number of hydrogen-bond donors (Lipinski definition) is 1. The van der Waals surface area contributed by atoms with Crippen LogP contribution in [0.2, 0.25) is 0 Å². The zero-order valence-electron chi connectivity index (χ0n) is 13.9. The lowest BCUT2D eigenvalue weighted by Gasteiger charge is -2.47. The fourth-order valence-electron chi connectivity index (χ4n) is 4.00. The molecule has 1 aliphatic carbocycles. The number of hydrogen-bond acceptors (Lipinski definition) is 3. The summed E-state index contributed by atoms with van der Waals surface area (Å²) < 4.78 is 5.50. The molecule has 0 bridgehead atoms. The fourth-order valence-corrected chi connectivity index (χ4v) is 4.00. The molecule has 3 atom stereocenters. The highest BCUT2D eigenvalue weighted by atomic mass is 16.5. The van der Waals surface area contributed by atoms with Crippen LogP contribution in [0.25, 0.3) is 0 Å². The van der Waals surface area contributed by atoms with Gasteiger partial charge in [0.25, 0.3) is 0 Å². The number of rotatable bonds is 4. The molecule has 0 spiro atoms. The van der Waals surface area contributed by atoms with Crippen LogP contribution in [0.15, 0.2) is 0 Å². The first-order valence-corrected chi connectivity index (χ1v) is 8.51. The van der Waals surface area contributed by atoms with Crippen LogP contribution in [-0.2, 0) is 4.74 Å². The minimum absolute atomic E-state index is 0.353. The van der Waals surface area contributed by atoms with E-state index < -0.39 is 0 Å². The summed E-state index contributed by atoms with van der Waals surface area (Å²) in [5.74, 6) is 0.819. The smallest absolute Gasteiger partial charge is 0.0480 e. The maximum Gasteiger partial charge on any atom is 0.0480 e. The molecule has 1 aliphatic heterocycles.